The predicted molar refractivity (Wildman–Crippen MR) is 66.7 cm³/mol. The monoisotopic (exact) mass is 226 g/mol. The fourth-order valence-corrected chi connectivity index (χ4v) is 3.00. The van der Waals surface area contributed by atoms with E-state index in [1.54, 1.807) is 0 Å². The molecule has 2 unspecified atom stereocenters. The molecule has 2 atom stereocenters. The molecule has 2 aliphatic heterocycles. The summed E-state index contributed by atoms with van der Waals surface area (Å²) in [6, 6.07) is 1.59. The van der Waals surface area contributed by atoms with Gasteiger partial charge in [-0.15, -0.1) is 0 Å². The highest BCUT2D eigenvalue weighted by Gasteiger charge is 2.36. The zero-order valence-corrected chi connectivity index (χ0v) is 10.7. The largest absolute Gasteiger partial charge is 0.379 e. The van der Waals surface area contributed by atoms with Crippen LogP contribution >= 0.6 is 0 Å². The Morgan fingerprint density at radius 1 is 1.31 bits per heavy atom. The third-order valence-corrected chi connectivity index (χ3v) is 3.78. The van der Waals surface area contributed by atoms with E-state index in [-0.39, 0.29) is 0 Å². The maximum Gasteiger partial charge on any atom is 0.0518 e. The highest BCUT2D eigenvalue weighted by atomic mass is 16.5. The molecule has 2 aliphatic rings. The maximum atomic E-state index is 5.54. The number of ether oxygens (including phenoxy) is 1. The van der Waals surface area contributed by atoms with Crippen molar-refractivity contribution in [1.82, 2.24) is 10.2 Å². The molecule has 0 saturated carbocycles. The Labute approximate surface area is 99.5 Å². The van der Waals surface area contributed by atoms with Crippen LogP contribution in [0.1, 0.15) is 39.5 Å². The summed E-state index contributed by atoms with van der Waals surface area (Å²) in [5, 5.41) is 3.71. The molecule has 0 aliphatic carbocycles. The fourth-order valence-electron chi connectivity index (χ4n) is 3.00. The SMILES string of the molecule is CC(C)OCCCNC1CCN2CCCC12. The Morgan fingerprint density at radius 3 is 3.00 bits per heavy atom. The van der Waals surface area contributed by atoms with Gasteiger partial charge in [0.2, 0.25) is 0 Å². The van der Waals surface area contributed by atoms with Gasteiger partial charge in [0.15, 0.2) is 0 Å². The first-order valence-electron chi connectivity index (χ1n) is 6.86. The quantitative estimate of drug-likeness (QED) is 0.697. The van der Waals surface area contributed by atoms with Crippen molar-refractivity contribution in [2.75, 3.05) is 26.2 Å². The number of rotatable bonds is 6. The summed E-state index contributed by atoms with van der Waals surface area (Å²) in [5.74, 6) is 0. The number of nitrogens with one attached hydrogen (secondary N) is 1. The van der Waals surface area contributed by atoms with Gasteiger partial charge in [0, 0.05) is 25.2 Å². The van der Waals surface area contributed by atoms with E-state index in [1.807, 2.05) is 0 Å². The van der Waals surface area contributed by atoms with E-state index >= 15 is 0 Å². The Morgan fingerprint density at radius 2 is 2.19 bits per heavy atom. The van der Waals surface area contributed by atoms with E-state index in [4.69, 9.17) is 4.74 Å². The smallest absolute Gasteiger partial charge is 0.0518 e. The topological polar surface area (TPSA) is 24.5 Å². The Hall–Kier alpha value is -0.120. The van der Waals surface area contributed by atoms with Crippen LogP contribution in [0, 0.1) is 0 Å². The number of nitrogens with zero attached hydrogens (tertiary/aromatic N) is 1. The van der Waals surface area contributed by atoms with Crippen LogP contribution in [0.25, 0.3) is 0 Å². The second-order valence-electron chi connectivity index (χ2n) is 5.37. The highest BCUT2D eigenvalue weighted by Crippen LogP contribution is 2.27. The zero-order chi connectivity index (χ0) is 11.4. The molecule has 0 amide bonds. The van der Waals surface area contributed by atoms with Gasteiger partial charge in [-0.3, -0.25) is 4.90 Å². The first-order valence-corrected chi connectivity index (χ1v) is 6.86. The van der Waals surface area contributed by atoms with Crippen LogP contribution < -0.4 is 5.32 Å². The lowest BCUT2D eigenvalue weighted by atomic mass is 10.1. The fraction of sp³-hybridized carbons (Fsp3) is 1.00. The van der Waals surface area contributed by atoms with Crippen molar-refractivity contribution >= 4 is 0 Å². The van der Waals surface area contributed by atoms with Gasteiger partial charge >= 0.3 is 0 Å². The molecule has 16 heavy (non-hydrogen) atoms. The molecule has 3 heteroatoms. The average Bonchev–Trinajstić information content (AvgIpc) is 2.80. The summed E-state index contributed by atoms with van der Waals surface area (Å²) in [4.78, 5) is 2.66. The van der Waals surface area contributed by atoms with Gasteiger partial charge in [-0.1, -0.05) is 0 Å². The molecule has 0 spiro atoms. The van der Waals surface area contributed by atoms with E-state index in [1.165, 1.54) is 32.4 Å². The summed E-state index contributed by atoms with van der Waals surface area (Å²) >= 11 is 0. The molecule has 3 nitrogen and oxygen atoms in total. The average molecular weight is 226 g/mol. The Kier molecular flexibility index (Phi) is 4.62. The molecule has 1 N–H and O–H groups in total. The molecule has 2 fully saturated rings. The summed E-state index contributed by atoms with van der Waals surface area (Å²) in [6.07, 6.45) is 5.66. The minimum atomic E-state index is 0.372. The van der Waals surface area contributed by atoms with Crippen molar-refractivity contribution in [2.24, 2.45) is 0 Å². The molecule has 2 heterocycles. The molecule has 2 rings (SSSR count). The van der Waals surface area contributed by atoms with Gasteiger partial charge < -0.3 is 10.1 Å². The molecule has 94 valence electrons. The van der Waals surface area contributed by atoms with E-state index < -0.39 is 0 Å². The van der Waals surface area contributed by atoms with Crippen LogP contribution in [0.5, 0.6) is 0 Å². The van der Waals surface area contributed by atoms with Crippen molar-refractivity contribution in [3.05, 3.63) is 0 Å². The van der Waals surface area contributed by atoms with Crippen LogP contribution in [0.3, 0.4) is 0 Å². The summed E-state index contributed by atoms with van der Waals surface area (Å²) in [6.45, 7) is 8.85. The summed E-state index contributed by atoms with van der Waals surface area (Å²) < 4.78 is 5.54. The molecule has 2 saturated heterocycles. The third kappa shape index (κ3) is 3.19. The lowest BCUT2D eigenvalue weighted by Gasteiger charge is -2.21. The molecule has 0 radical (unpaired) electrons. The van der Waals surface area contributed by atoms with Crippen LogP contribution in [-0.2, 0) is 4.74 Å². The van der Waals surface area contributed by atoms with Crippen LogP contribution in [0.2, 0.25) is 0 Å². The minimum Gasteiger partial charge on any atom is -0.379 e. The van der Waals surface area contributed by atoms with E-state index in [9.17, 15) is 0 Å². The third-order valence-electron chi connectivity index (χ3n) is 3.78. The lowest BCUT2D eigenvalue weighted by Crippen LogP contribution is -2.39. The Balaban J connectivity index is 1.56. The zero-order valence-electron chi connectivity index (χ0n) is 10.7. The lowest BCUT2D eigenvalue weighted by molar-refractivity contribution is 0.0765. The van der Waals surface area contributed by atoms with Crippen LogP contribution in [0.15, 0.2) is 0 Å². The van der Waals surface area contributed by atoms with E-state index in [2.05, 4.69) is 24.1 Å². The maximum absolute atomic E-state index is 5.54. The molecule has 0 bridgehead atoms. The van der Waals surface area contributed by atoms with Crippen molar-refractivity contribution in [1.29, 1.82) is 0 Å². The van der Waals surface area contributed by atoms with Crippen molar-refractivity contribution < 1.29 is 4.74 Å². The molecule has 0 aromatic heterocycles. The van der Waals surface area contributed by atoms with E-state index in [0.29, 0.717) is 6.10 Å². The Bertz CT molecular complexity index is 208. The summed E-state index contributed by atoms with van der Waals surface area (Å²) in [5.41, 5.74) is 0. The van der Waals surface area contributed by atoms with Crippen molar-refractivity contribution in [3.8, 4) is 0 Å². The van der Waals surface area contributed by atoms with Gasteiger partial charge in [-0.2, -0.15) is 0 Å². The van der Waals surface area contributed by atoms with Crippen molar-refractivity contribution in [2.45, 2.75) is 57.7 Å². The second-order valence-corrected chi connectivity index (χ2v) is 5.37. The van der Waals surface area contributed by atoms with Crippen LogP contribution in [0.4, 0.5) is 0 Å². The predicted octanol–water partition coefficient (Wildman–Crippen LogP) is 1.63. The number of hydrogen-bond acceptors (Lipinski definition) is 3. The van der Waals surface area contributed by atoms with Gasteiger partial charge in [-0.05, 0) is 52.6 Å². The normalized spacial score (nSPS) is 30.2. The van der Waals surface area contributed by atoms with Gasteiger partial charge in [0.05, 0.1) is 6.10 Å². The number of hydrogen-bond donors (Lipinski definition) is 1. The standard InChI is InChI=1S/C13H26N2O/c1-11(2)16-10-4-7-14-12-6-9-15-8-3-5-13(12)15/h11-14H,3-10H2,1-2H3. The highest BCUT2D eigenvalue weighted by molar-refractivity contribution is 4.95. The molecule has 0 aromatic carbocycles. The number of fused-ring (bicyclic) bond motifs is 1. The molecular weight excluding hydrogens is 200 g/mol. The molecule has 0 aromatic rings. The first-order chi connectivity index (χ1) is 7.77. The van der Waals surface area contributed by atoms with E-state index in [0.717, 1.165) is 31.7 Å². The first kappa shape index (κ1) is 12.3. The van der Waals surface area contributed by atoms with Crippen LogP contribution in [-0.4, -0.2) is 49.3 Å². The van der Waals surface area contributed by atoms with Gasteiger partial charge in [0.1, 0.15) is 0 Å². The summed E-state index contributed by atoms with van der Waals surface area (Å²) in [7, 11) is 0. The van der Waals surface area contributed by atoms with Gasteiger partial charge in [-0.25, -0.2) is 0 Å². The van der Waals surface area contributed by atoms with Crippen molar-refractivity contribution in [3.63, 3.8) is 0 Å². The van der Waals surface area contributed by atoms with Gasteiger partial charge in [0.25, 0.3) is 0 Å². The second kappa shape index (κ2) is 5.99. The minimum absolute atomic E-state index is 0.372. The molecular formula is C13H26N2O.